The molecule has 1 saturated carbocycles. The molecule has 152 valence electrons. The van der Waals surface area contributed by atoms with Crippen LogP contribution in [0.2, 0.25) is 0 Å². The summed E-state index contributed by atoms with van der Waals surface area (Å²) in [6.07, 6.45) is 3.18. The van der Waals surface area contributed by atoms with Crippen molar-refractivity contribution in [2.45, 2.75) is 37.8 Å². The van der Waals surface area contributed by atoms with Gasteiger partial charge in [0, 0.05) is 56.3 Å². The summed E-state index contributed by atoms with van der Waals surface area (Å²) >= 11 is 0. The smallest absolute Gasteiger partial charge is 0.282 e. The number of amides is 1. The van der Waals surface area contributed by atoms with E-state index < -0.39 is 21.6 Å². The number of rotatable bonds is 4. The van der Waals surface area contributed by atoms with Gasteiger partial charge in [0.1, 0.15) is 5.82 Å². The van der Waals surface area contributed by atoms with Crippen LogP contribution in [0.4, 0.5) is 10.2 Å². The Balaban J connectivity index is 1.52. The molecule has 3 aliphatic rings. The van der Waals surface area contributed by atoms with Crippen molar-refractivity contribution in [3.8, 4) is 0 Å². The molecule has 0 unspecified atom stereocenters. The maximum absolute atomic E-state index is 14.0. The van der Waals surface area contributed by atoms with Crippen molar-refractivity contribution in [3.63, 3.8) is 0 Å². The third-order valence-corrected chi connectivity index (χ3v) is 6.61. The lowest BCUT2D eigenvalue weighted by Crippen LogP contribution is -2.34. The van der Waals surface area contributed by atoms with Gasteiger partial charge in [-0.1, -0.05) is 0 Å². The Bertz CT molecular complexity index is 940. The highest BCUT2D eigenvalue weighted by Crippen LogP contribution is 2.41. The first-order chi connectivity index (χ1) is 13.1. The van der Waals surface area contributed by atoms with Crippen LogP contribution in [-0.4, -0.2) is 61.6 Å². The minimum Gasteiger partial charge on any atom is -0.356 e. The first kappa shape index (κ1) is 19.3. The van der Waals surface area contributed by atoms with Gasteiger partial charge in [-0.2, -0.15) is 0 Å². The maximum Gasteiger partial charge on any atom is 0.282 e. The van der Waals surface area contributed by atoms with Gasteiger partial charge in [-0.05, 0) is 32.3 Å². The lowest BCUT2D eigenvalue weighted by atomic mass is 10.0. The standard InChI is InChI=1S/C19H25FN4O3S/c1-11(2)17(20)18(25)24-9-13-7-23(8-14(13)10-24)16-6-15(12-4-5-12)21-19(22-16)28(3,26)27/h6,12-14H,4-5,7-10H2,1-3H3/t13-,14+. The van der Waals surface area contributed by atoms with E-state index in [1.54, 1.807) is 18.7 Å². The lowest BCUT2D eigenvalue weighted by Gasteiger charge is -2.23. The largest absolute Gasteiger partial charge is 0.356 e. The molecule has 2 aliphatic heterocycles. The zero-order chi connectivity index (χ0) is 20.2. The van der Waals surface area contributed by atoms with E-state index >= 15 is 0 Å². The van der Waals surface area contributed by atoms with Crippen molar-refractivity contribution in [1.82, 2.24) is 14.9 Å². The van der Waals surface area contributed by atoms with Gasteiger partial charge in [0.2, 0.25) is 15.0 Å². The van der Waals surface area contributed by atoms with Gasteiger partial charge in [0.25, 0.3) is 5.91 Å². The van der Waals surface area contributed by atoms with E-state index in [9.17, 15) is 17.6 Å². The van der Waals surface area contributed by atoms with E-state index in [1.165, 1.54) is 0 Å². The molecule has 1 amide bonds. The summed E-state index contributed by atoms with van der Waals surface area (Å²) in [5, 5.41) is -0.119. The minimum absolute atomic E-state index is 0.119. The summed E-state index contributed by atoms with van der Waals surface area (Å²) in [6.45, 7) is 5.57. The number of carbonyl (C=O) groups excluding carboxylic acids is 1. The van der Waals surface area contributed by atoms with Crippen molar-refractivity contribution >= 4 is 21.6 Å². The van der Waals surface area contributed by atoms with E-state index in [0.29, 0.717) is 43.5 Å². The van der Waals surface area contributed by atoms with Gasteiger partial charge in [-0.25, -0.2) is 22.8 Å². The third kappa shape index (κ3) is 3.64. The van der Waals surface area contributed by atoms with Crippen molar-refractivity contribution < 1.29 is 17.6 Å². The average molecular weight is 408 g/mol. The molecule has 4 rings (SSSR count). The molecule has 2 saturated heterocycles. The second-order valence-corrected chi connectivity index (χ2v) is 10.3. The molecular formula is C19H25FN4O3S. The van der Waals surface area contributed by atoms with Crippen LogP contribution >= 0.6 is 0 Å². The summed E-state index contributed by atoms with van der Waals surface area (Å²) in [5.41, 5.74) is 1.19. The van der Waals surface area contributed by atoms with Gasteiger partial charge in [-0.3, -0.25) is 4.79 Å². The Morgan fingerprint density at radius 1 is 1.11 bits per heavy atom. The number of likely N-dealkylation sites (tertiary alicyclic amines) is 1. The fourth-order valence-electron chi connectivity index (χ4n) is 4.05. The molecule has 1 aliphatic carbocycles. The van der Waals surface area contributed by atoms with E-state index in [2.05, 4.69) is 14.9 Å². The number of anilines is 1. The number of hydrogen-bond donors (Lipinski definition) is 0. The van der Waals surface area contributed by atoms with Crippen LogP contribution in [0.3, 0.4) is 0 Å². The SMILES string of the molecule is CC(C)=C(F)C(=O)N1C[C@@H]2CN(c3cc(C4CC4)nc(S(C)(=O)=O)n3)C[C@@H]2C1. The molecule has 3 fully saturated rings. The van der Waals surface area contributed by atoms with Crippen LogP contribution in [0.1, 0.15) is 38.3 Å². The number of allylic oxidation sites excluding steroid dienone is 1. The molecule has 0 aromatic carbocycles. The first-order valence-electron chi connectivity index (χ1n) is 9.59. The molecule has 7 nitrogen and oxygen atoms in total. The van der Waals surface area contributed by atoms with Gasteiger partial charge in [-0.15, -0.1) is 0 Å². The number of fused-ring (bicyclic) bond motifs is 1. The predicted molar refractivity (Wildman–Crippen MR) is 102 cm³/mol. The average Bonchev–Trinajstić information content (AvgIpc) is 3.29. The Morgan fingerprint density at radius 3 is 2.21 bits per heavy atom. The molecule has 1 aromatic rings. The number of halogens is 1. The van der Waals surface area contributed by atoms with Crippen LogP contribution in [0.5, 0.6) is 0 Å². The second kappa shape index (κ2) is 6.79. The zero-order valence-corrected chi connectivity index (χ0v) is 17.2. The van der Waals surface area contributed by atoms with Gasteiger partial charge in [0.15, 0.2) is 5.83 Å². The molecule has 0 bridgehead atoms. The summed E-state index contributed by atoms with van der Waals surface area (Å²) in [4.78, 5) is 24.5. The Labute approximate surface area is 164 Å². The van der Waals surface area contributed by atoms with Crippen LogP contribution in [0.25, 0.3) is 0 Å². The van der Waals surface area contributed by atoms with E-state index in [1.807, 2.05) is 6.07 Å². The van der Waals surface area contributed by atoms with E-state index in [4.69, 9.17) is 0 Å². The first-order valence-corrected chi connectivity index (χ1v) is 11.5. The van der Waals surface area contributed by atoms with Crippen LogP contribution < -0.4 is 4.90 Å². The number of hydrogen-bond acceptors (Lipinski definition) is 6. The second-order valence-electron chi connectivity index (χ2n) is 8.43. The molecular weight excluding hydrogens is 383 g/mol. The highest BCUT2D eigenvalue weighted by molar-refractivity contribution is 7.90. The monoisotopic (exact) mass is 408 g/mol. The number of carbonyl (C=O) groups is 1. The fourth-order valence-corrected chi connectivity index (χ4v) is 4.58. The normalized spacial score (nSPS) is 24.4. The maximum atomic E-state index is 14.0. The highest BCUT2D eigenvalue weighted by atomic mass is 32.2. The van der Waals surface area contributed by atoms with Crippen molar-refractivity contribution in [3.05, 3.63) is 23.2 Å². The topological polar surface area (TPSA) is 83.5 Å². The van der Waals surface area contributed by atoms with Crippen molar-refractivity contribution in [2.75, 3.05) is 37.3 Å². The fraction of sp³-hybridized carbons (Fsp3) is 0.632. The van der Waals surface area contributed by atoms with Gasteiger partial charge in [0.05, 0.1) is 5.69 Å². The Morgan fingerprint density at radius 2 is 1.71 bits per heavy atom. The summed E-state index contributed by atoms with van der Waals surface area (Å²) in [5.74, 6) is 0.229. The summed E-state index contributed by atoms with van der Waals surface area (Å²) in [7, 11) is -3.49. The molecule has 2 atom stereocenters. The number of aromatic nitrogens is 2. The molecule has 9 heteroatoms. The van der Waals surface area contributed by atoms with E-state index in [0.717, 1.165) is 24.8 Å². The third-order valence-electron chi connectivity index (χ3n) is 5.76. The molecule has 3 heterocycles. The van der Waals surface area contributed by atoms with Crippen LogP contribution in [-0.2, 0) is 14.6 Å². The Hall–Kier alpha value is -2.03. The zero-order valence-electron chi connectivity index (χ0n) is 16.4. The summed E-state index contributed by atoms with van der Waals surface area (Å²) < 4.78 is 38.0. The van der Waals surface area contributed by atoms with Gasteiger partial charge >= 0.3 is 0 Å². The van der Waals surface area contributed by atoms with Crippen LogP contribution in [0, 0.1) is 11.8 Å². The lowest BCUT2D eigenvalue weighted by molar-refractivity contribution is -0.128. The Kier molecular flexibility index (Phi) is 4.68. The number of sulfone groups is 1. The predicted octanol–water partition coefficient (Wildman–Crippen LogP) is 1.92. The molecule has 1 aromatic heterocycles. The highest BCUT2D eigenvalue weighted by Gasteiger charge is 2.43. The molecule has 0 spiro atoms. The molecule has 28 heavy (non-hydrogen) atoms. The van der Waals surface area contributed by atoms with Gasteiger partial charge < -0.3 is 9.80 Å². The van der Waals surface area contributed by atoms with Crippen LogP contribution in [0.15, 0.2) is 22.6 Å². The van der Waals surface area contributed by atoms with Crippen molar-refractivity contribution in [1.29, 1.82) is 0 Å². The molecule has 0 radical (unpaired) electrons. The number of nitrogens with zero attached hydrogens (tertiary/aromatic N) is 4. The van der Waals surface area contributed by atoms with Crippen molar-refractivity contribution in [2.24, 2.45) is 11.8 Å². The molecule has 0 N–H and O–H groups in total. The quantitative estimate of drug-likeness (QED) is 0.559. The van der Waals surface area contributed by atoms with E-state index in [-0.39, 0.29) is 17.0 Å². The summed E-state index contributed by atoms with van der Waals surface area (Å²) in [6, 6.07) is 1.90. The minimum atomic E-state index is -3.49.